The Labute approximate surface area is 191 Å². The van der Waals surface area contributed by atoms with E-state index in [1.54, 1.807) is 6.26 Å². The summed E-state index contributed by atoms with van der Waals surface area (Å²) < 4.78 is 7.82. The van der Waals surface area contributed by atoms with Crippen LogP contribution in [0.3, 0.4) is 0 Å². The maximum absolute atomic E-state index is 6.27. The minimum Gasteiger partial charge on any atom is -0.467 e. The van der Waals surface area contributed by atoms with E-state index < -0.39 is 0 Å². The highest BCUT2D eigenvalue weighted by molar-refractivity contribution is 7.80. The molecule has 0 radical (unpaired) electrons. The lowest BCUT2D eigenvalue weighted by atomic mass is 10.0. The summed E-state index contributed by atoms with van der Waals surface area (Å²) >= 11 is 12.0. The molecule has 1 saturated heterocycles. The fourth-order valence-corrected chi connectivity index (χ4v) is 4.54. The predicted molar refractivity (Wildman–Crippen MR) is 125 cm³/mol. The Balaban J connectivity index is 1.61. The molecule has 0 spiro atoms. The van der Waals surface area contributed by atoms with Gasteiger partial charge in [-0.1, -0.05) is 17.7 Å². The van der Waals surface area contributed by atoms with Gasteiger partial charge < -0.3 is 19.2 Å². The van der Waals surface area contributed by atoms with Crippen LogP contribution in [0.25, 0.3) is 5.69 Å². The van der Waals surface area contributed by atoms with Gasteiger partial charge in [0.25, 0.3) is 0 Å². The molecular weight excluding hydrogens is 428 g/mol. The molecule has 0 saturated carbocycles. The van der Waals surface area contributed by atoms with Crippen LogP contribution in [0.4, 0.5) is 0 Å². The van der Waals surface area contributed by atoms with Crippen molar-refractivity contribution in [1.82, 2.24) is 19.8 Å². The minimum absolute atomic E-state index is 0.0708. The second kappa shape index (κ2) is 8.21. The van der Waals surface area contributed by atoms with Crippen LogP contribution in [0.5, 0.6) is 0 Å². The van der Waals surface area contributed by atoms with Gasteiger partial charge >= 0.3 is 0 Å². The molecule has 0 aliphatic carbocycles. The SMILES string of the molecule is Cc1cc(-n2cccc2[C@@H]2[C@@H](c3ccccn3)NC(=S)N2Cc2ccco2)ccc1Cl. The molecule has 5 nitrogen and oxygen atoms in total. The number of thiocarbonyl (C=S) groups is 1. The number of hydrogen-bond acceptors (Lipinski definition) is 3. The van der Waals surface area contributed by atoms with Crippen LogP contribution in [-0.4, -0.2) is 19.6 Å². The molecular formula is C24H21ClN4OS. The van der Waals surface area contributed by atoms with Gasteiger partial charge in [0.15, 0.2) is 5.11 Å². The number of nitrogens with one attached hydrogen (secondary N) is 1. The summed E-state index contributed by atoms with van der Waals surface area (Å²) in [6, 6.07) is 19.9. The van der Waals surface area contributed by atoms with Crippen molar-refractivity contribution < 1.29 is 4.42 Å². The average molecular weight is 449 g/mol. The summed E-state index contributed by atoms with van der Waals surface area (Å²) in [6.45, 7) is 2.58. The van der Waals surface area contributed by atoms with Crippen LogP contribution in [0.2, 0.25) is 5.02 Å². The molecule has 3 aromatic heterocycles. The van der Waals surface area contributed by atoms with E-state index in [0.29, 0.717) is 11.7 Å². The zero-order chi connectivity index (χ0) is 21.4. The van der Waals surface area contributed by atoms with Gasteiger partial charge in [-0.15, -0.1) is 0 Å². The van der Waals surface area contributed by atoms with Crippen LogP contribution >= 0.6 is 23.8 Å². The van der Waals surface area contributed by atoms with E-state index in [0.717, 1.165) is 33.4 Å². The van der Waals surface area contributed by atoms with Crippen LogP contribution in [0.1, 0.15) is 34.8 Å². The van der Waals surface area contributed by atoms with Gasteiger partial charge in [-0.2, -0.15) is 0 Å². The molecule has 0 bridgehead atoms. The van der Waals surface area contributed by atoms with Crippen LogP contribution in [0, 0.1) is 6.92 Å². The third-order valence-electron chi connectivity index (χ3n) is 5.61. The van der Waals surface area contributed by atoms with Crippen molar-refractivity contribution in [3.63, 3.8) is 0 Å². The predicted octanol–water partition coefficient (Wildman–Crippen LogP) is 5.60. The summed E-state index contributed by atoms with van der Waals surface area (Å²) in [4.78, 5) is 6.78. The second-order valence-electron chi connectivity index (χ2n) is 7.57. The molecule has 1 N–H and O–H groups in total. The number of halogens is 1. The van der Waals surface area contributed by atoms with Crippen molar-refractivity contribution in [1.29, 1.82) is 0 Å². The lowest BCUT2D eigenvalue weighted by molar-refractivity contribution is 0.280. The number of furan rings is 1. The molecule has 1 fully saturated rings. The molecule has 5 rings (SSSR count). The standard InChI is InChI=1S/C24H21ClN4OS/c1-16-14-17(9-10-19(16)25)28-12-4-8-21(28)23-22(20-7-2-3-11-26-20)27-24(31)29(23)15-18-6-5-13-30-18/h2-14,22-23H,15H2,1H3,(H,27,31)/t22-,23-/m1/s1. The second-order valence-corrected chi connectivity index (χ2v) is 8.36. The average Bonchev–Trinajstić information content (AvgIpc) is 3.52. The van der Waals surface area contributed by atoms with Crippen molar-refractivity contribution in [2.45, 2.75) is 25.6 Å². The molecule has 0 amide bonds. The summed E-state index contributed by atoms with van der Waals surface area (Å²) in [5.41, 5.74) is 4.14. The van der Waals surface area contributed by atoms with Gasteiger partial charge in [-0.25, -0.2) is 0 Å². The van der Waals surface area contributed by atoms with E-state index in [2.05, 4.69) is 44.2 Å². The van der Waals surface area contributed by atoms with E-state index >= 15 is 0 Å². The van der Waals surface area contributed by atoms with Gasteiger partial charge in [-0.3, -0.25) is 4.98 Å². The third-order valence-corrected chi connectivity index (χ3v) is 6.38. The smallest absolute Gasteiger partial charge is 0.170 e. The number of pyridine rings is 1. The van der Waals surface area contributed by atoms with Crippen molar-refractivity contribution in [3.8, 4) is 5.69 Å². The fourth-order valence-electron chi connectivity index (χ4n) is 4.12. The first-order valence-corrected chi connectivity index (χ1v) is 10.8. The Morgan fingerprint density at radius 3 is 2.77 bits per heavy atom. The number of hydrogen-bond donors (Lipinski definition) is 1. The van der Waals surface area contributed by atoms with E-state index in [-0.39, 0.29) is 12.1 Å². The highest BCUT2D eigenvalue weighted by Gasteiger charge is 2.41. The Bertz CT molecular complexity index is 1210. The number of aromatic nitrogens is 2. The Kier molecular flexibility index (Phi) is 5.26. The van der Waals surface area contributed by atoms with Crippen LogP contribution in [0.15, 0.2) is 83.7 Å². The van der Waals surface area contributed by atoms with Gasteiger partial charge in [0, 0.05) is 28.8 Å². The van der Waals surface area contributed by atoms with Crippen molar-refractivity contribution >= 4 is 28.9 Å². The Morgan fingerprint density at radius 2 is 2.03 bits per heavy atom. The first-order valence-electron chi connectivity index (χ1n) is 10.1. The van der Waals surface area contributed by atoms with Gasteiger partial charge in [-0.05, 0) is 79.3 Å². The topological polar surface area (TPSA) is 46.2 Å². The Hall–Kier alpha value is -3.09. The van der Waals surface area contributed by atoms with Crippen LogP contribution < -0.4 is 5.32 Å². The van der Waals surface area contributed by atoms with Crippen LogP contribution in [-0.2, 0) is 6.54 Å². The first kappa shape index (κ1) is 19.8. The maximum atomic E-state index is 6.27. The van der Waals surface area contributed by atoms with Gasteiger partial charge in [0.2, 0.25) is 0 Å². The van der Waals surface area contributed by atoms with Crippen molar-refractivity contribution in [2.24, 2.45) is 0 Å². The zero-order valence-corrected chi connectivity index (χ0v) is 18.5. The molecule has 1 aromatic carbocycles. The maximum Gasteiger partial charge on any atom is 0.170 e. The lowest BCUT2D eigenvalue weighted by Gasteiger charge is -2.28. The molecule has 2 atom stereocenters. The molecule has 1 aliphatic heterocycles. The number of nitrogens with zero attached hydrogens (tertiary/aromatic N) is 3. The first-order chi connectivity index (χ1) is 15.1. The van der Waals surface area contributed by atoms with E-state index in [4.69, 9.17) is 28.2 Å². The number of benzene rings is 1. The molecule has 31 heavy (non-hydrogen) atoms. The monoisotopic (exact) mass is 448 g/mol. The summed E-state index contributed by atoms with van der Waals surface area (Å²) in [5, 5.41) is 4.92. The zero-order valence-electron chi connectivity index (χ0n) is 16.9. The normalized spacial score (nSPS) is 18.4. The third kappa shape index (κ3) is 3.73. The van der Waals surface area contributed by atoms with Crippen molar-refractivity contribution in [3.05, 3.63) is 107 Å². The highest BCUT2D eigenvalue weighted by atomic mass is 35.5. The molecule has 156 valence electrons. The molecule has 1 aliphatic rings. The van der Waals surface area contributed by atoms with Gasteiger partial charge in [0.1, 0.15) is 5.76 Å². The number of rotatable bonds is 5. The lowest BCUT2D eigenvalue weighted by Crippen LogP contribution is -2.29. The van der Waals surface area contributed by atoms with E-state index in [1.165, 1.54) is 0 Å². The molecule has 4 aromatic rings. The number of aryl methyl sites for hydroxylation is 1. The summed E-state index contributed by atoms with van der Waals surface area (Å²) in [5.74, 6) is 0.858. The van der Waals surface area contributed by atoms with Crippen molar-refractivity contribution in [2.75, 3.05) is 0 Å². The van der Waals surface area contributed by atoms with E-state index in [9.17, 15) is 0 Å². The summed E-state index contributed by atoms with van der Waals surface area (Å²) in [6.07, 6.45) is 5.57. The van der Waals surface area contributed by atoms with E-state index in [1.807, 2.05) is 55.6 Å². The Morgan fingerprint density at radius 1 is 1.13 bits per heavy atom. The summed E-state index contributed by atoms with van der Waals surface area (Å²) in [7, 11) is 0. The molecule has 4 heterocycles. The molecule has 7 heteroatoms. The largest absolute Gasteiger partial charge is 0.467 e. The quantitative estimate of drug-likeness (QED) is 0.402. The van der Waals surface area contributed by atoms with Gasteiger partial charge in [0.05, 0.1) is 30.6 Å². The highest BCUT2D eigenvalue weighted by Crippen LogP contribution is 2.40. The minimum atomic E-state index is -0.0919. The fraction of sp³-hybridized carbons (Fsp3) is 0.167. The molecule has 0 unspecified atom stereocenters.